The van der Waals surface area contributed by atoms with Crippen LogP contribution in [0.1, 0.15) is 10.4 Å². The first kappa shape index (κ1) is 19.1. The first-order valence-corrected chi connectivity index (χ1v) is 7.88. The molecule has 0 heterocycles. The second-order valence-electron chi connectivity index (χ2n) is 4.29. The predicted octanol–water partition coefficient (Wildman–Crippen LogP) is 1.33. The third-order valence-electron chi connectivity index (χ3n) is 2.99. The average Bonchev–Trinajstić information content (AvgIpc) is 2.52. The number of carbonyl (C=O) groups is 1. The van der Waals surface area contributed by atoms with E-state index < -0.39 is 52.9 Å². The maximum atomic E-state index is 12.5. The van der Waals surface area contributed by atoms with Crippen molar-refractivity contribution in [3.05, 3.63) is 17.7 Å². The van der Waals surface area contributed by atoms with Gasteiger partial charge < -0.3 is 14.6 Å². The van der Waals surface area contributed by atoms with Crippen molar-refractivity contribution in [2.24, 2.45) is 0 Å². The van der Waals surface area contributed by atoms with Crippen LogP contribution < -0.4 is 9.47 Å². The molecule has 0 aliphatic rings. The Kier molecular flexibility index (Phi) is 6.70. The van der Waals surface area contributed by atoms with Crippen LogP contribution in [0.3, 0.4) is 0 Å². The Morgan fingerprint density at radius 2 is 1.74 bits per heavy atom. The fourth-order valence-electron chi connectivity index (χ4n) is 1.94. The van der Waals surface area contributed by atoms with E-state index in [4.69, 9.17) is 9.47 Å². The van der Waals surface area contributed by atoms with Crippen molar-refractivity contribution in [3.63, 3.8) is 0 Å². The summed E-state index contributed by atoms with van der Waals surface area (Å²) >= 11 is 0. The molecule has 7 nitrogen and oxygen atoms in total. The molecule has 10 heteroatoms. The molecule has 1 aromatic rings. The molecule has 0 saturated heterocycles. The maximum absolute atomic E-state index is 12.5. The lowest BCUT2D eigenvalue weighted by molar-refractivity contribution is 0.0692. The summed E-state index contributed by atoms with van der Waals surface area (Å²) in [4.78, 5) is 10.8. The fourth-order valence-corrected chi connectivity index (χ4v) is 3.38. The van der Waals surface area contributed by atoms with Crippen LogP contribution in [0, 0.1) is 0 Å². The van der Waals surface area contributed by atoms with Crippen LogP contribution in [0.4, 0.5) is 8.78 Å². The molecule has 0 atom stereocenters. The van der Waals surface area contributed by atoms with Gasteiger partial charge in [0.25, 0.3) is 0 Å². The van der Waals surface area contributed by atoms with E-state index in [1.54, 1.807) is 0 Å². The van der Waals surface area contributed by atoms with Gasteiger partial charge >= 0.3 is 5.97 Å². The highest BCUT2D eigenvalue weighted by Gasteiger charge is 2.28. The minimum atomic E-state index is -4.28. The van der Waals surface area contributed by atoms with Crippen molar-refractivity contribution in [2.75, 3.05) is 40.7 Å². The van der Waals surface area contributed by atoms with Crippen LogP contribution in [-0.4, -0.2) is 64.5 Å². The number of halogens is 2. The normalized spacial score (nSPS) is 11.5. The Hall–Kier alpha value is -1.94. The topological polar surface area (TPSA) is 93.1 Å². The second-order valence-corrected chi connectivity index (χ2v) is 6.23. The number of nitrogens with zero attached hydrogens (tertiary/aromatic N) is 1. The van der Waals surface area contributed by atoms with Crippen LogP contribution in [0.2, 0.25) is 0 Å². The van der Waals surface area contributed by atoms with Crippen molar-refractivity contribution >= 4 is 16.0 Å². The van der Waals surface area contributed by atoms with Gasteiger partial charge in [0, 0.05) is 19.2 Å². The molecular formula is C13H17F2NO6S. The zero-order valence-electron chi connectivity index (χ0n) is 12.6. The first-order valence-electron chi connectivity index (χ1n) is 6.44. The zero-order chi connectivity index (χ0) is 17.6. The number of ether oxygens (including phenoxy) is 2. The van der Waals surface area contributed by atoms with Crippen LogP contribution in [0.15, 0.2) is 17.0 Å². The Labute approximate surface area is 132 Å². The third-order valence-corrected chi connectivity index (χ3v) is 4.86. The molecule has 0 unspecified atom stereocenters. The minimum absolute atomic E-state index is 0.119. The summed E-state index contributed by atoms with van der Waals surface area (Å²) in [5.74, 6) is -1.70. The van der Waals surface area contributed by atoms with Gasteiger partial charge in [-0.05, 0) is 6.07 Å². The number of hydrogen-bond acceptors (Lipinski definition) is 5. The molecule has 0 aliphatic carbocycles. The van der Waals surface area contributed by atoms with E-state index in [0.717, 1.165) is 12.1 Å². The molecule has 0 radical (unpaired) electrons. The van der Waals surface area contributed by atoms with Gasteiger partial charge in [-0.25, -0.2) is 22.0 Å². The van der Waals surface area contributed by atoms with Gasteiger partial charge in [-0.1, -0.05) is 0 Å². The lowest BCUT2D eigenvalue weighted by Gasteiger charge is -2.21. The van der Waals surface area contributed by atoms with Gasteiger partial charge in [-0.2, -0.15) is 4.31 Å². The summed E-state index contributed by atoms with van der Waals surface area (Å²) in [6, 6.07) is 1.91. The average molecular weight is 353 g/mol. The van der Waals surface area contributed by atoms with Gasteiger partial charge in [0.05, 0.1) is 19.1 Å². The smallest absolute Gasteiger partial charge is 0.339 e. The molecule has 0 spiro atoms. The number of carboxylic acid groups (broad SMARTS) is 1. The molecular weight excluding hydrogens is 336 g/mol. The molecule has 0 aliphatic heterocycles. The molecule has 1 N–H and O–H groups in total. The quantitative estimate of drug-likeness (QED) is 0.720. The summed E-state index contributed by atoms with van der Waals surface area (Å²) in [5, 5.41) is 9.19. The van der Waals surface area contributed by atoms with E-state index in [-0.39, 0.29) is 11.5 Å². The summed E-state index contributed by atoms with van der Waals surface area (Å²) in [5.41, 5.74) is -0.439. The number of hydrogen-bond donors (Lipinski definition) is 1. The standard InChI is InChI=1S/C13H17F2NO6S/c1-21-11-8-9(7-10(13(17)18)12(11)22-2)23(19,20)16(5-3-14)6-4-15/h7-8H,3-6H2,1-2H3,(H,17,18). The Bertz CT molecular complexity index is 659. The Morgan fingerprint density at radius 3 is 2.13 bits per heavy atom. The van der Waals surface area contributed by atoms with Crippen LogP contribution in [0.25, 0.3) is 0 Å². The first-order chi connectivity index (χ1) is 10.8. The largest absolute Gasteiger partial charge is 0.493 e. The number of sulfonamides is 1. The zero-order valence-corrected chi connectivity index (χ0v) is 13.4. The maximum Gasteiger partial charge on any atom is 0.339 e. The molecule has 0 bridgehead atoms. The summed E-state index contributed by atoms with van der Waals surface area (Å²) in [6.45, 7) is -3.08. The van der Waals surface area contributed by atoms with E-state index in [1.165, 1.54) is 14.2 Å². The van der Waals surface area contributed by atoms with Crippen molar-refractivity contribution in [2.45, 2.75) is 4.90 Å². The van der Waals surface area contributed by atoms with Gasteiger partial charge in [-0.15, -0.1) is 0 Å². The number of methoxy groups -OCH3 is 2. The molecule has 1 rings (SSSR count). The molecule has 23 heavy (non-hydrogen) atoms. The highest BCUT2D eigenvalue weighted by molar-refractivity contribution is 7.89. The van der Waals surface area contributed by atoms with Gasteiger partial charge in [0.15, 0.2) is 11.5 Å². The highest BCUT2D eigenvalue weighted by Crippen LogP contribution is 2.35. The van der Waals surface area contributed by atoms with Crippen LogP contribution >= 0.6 is 0 Å². The Morgan fingerprint density at radius 1 is 1.17 bits per heavy atom. The van der Waals surface area contributed by atoms with E-state index in [1.807, 2.05) is 0 Å². The predicted molar refractivity (Wildman–Crippen MR) is 77.2 cm³/mol. The number of carboxylic acids is 1. The van der Waals surface area contributed by atoms with E-state index in [9.17, 15) is 27.1 Å². The van der Waals surface area contributed by atoms with E-state index in [2.05, 4.69) is 0 Å². The summed E-state index contributed by atoms with van der Waals surface area (Å²) in [6.07, 6.45) is 0. The molecule has 0 fully saturated rings. The van der Waals surface area contributed by atoms with Crippen molar-refractivity contribution in [3.8, 4) is 11.5 Å². The molecule has 130 valence electrons. The summed E-state index contributed by atoms with van der Waals surface area (Å²) in [7, 11) is -1.87. The van der Waals surface area contributed by atoms with Gasteiger partial charge in [0.2, 0.25) is 10.0 Å². The number of rotatable bonds is 9. The van der Waals surface area contributed by atoms with Crippen molar-refractivity contribution in [1.29, 1.82) is 0 Å². The molecule has 1 aromatic carbocycles. The second kappa shape index (κ2) is 8.06. The minimum Gasteiger partial charge on any atom is -0.493 e. The number of aromatic carboxylic acids is 1. The van der Waals surface area contributed by atoms with E-state index >= 15 is 0 Å². The number of benzene rings is 1. The van der Waals surface area contributed by atoms with Gasteiger partial charge in [0.1, 0.15) is 18.9 Å². The van der Waals surface area contributed by atoms with Crippen LogP contribution in [-0.2, 0) is 10.0 Å². The third kappa shape index (κ3) is 4.08. The molecule has 0 aromatic heterocycles. The van der Waals surface area contributed by atoms with Gasteiger partial charge in [-0.3, -0.25) is 0 Å². The SMILES string of the molecule is COc1cc(S(=O)(=O)N(CCF)CCF)cc(C(=O)O)c1OC. The summed E-state index contributed by atoms with van der Waals surface area (Å²) < 4.78 is 60.4. The van der Waals surface area contributed by atoms with E-state index in [0.29, 0.717) is 4.31 Å². The lowest BCUT2D eigenvalue weighted by Crippen LogP contribution is -2.34. The molecule has 0 amide bonds. The van der Waals surface area contributed by atoms with Crippen molar-refractivity contribution < 1.29 is 36.6 Å². The fraction of sp³-hybridized carbons (Fsp3) is 0.462. The highest BCUT2D eigenvalue weighted by atomic mass is 32.2. The van der Waals surface area contributed by atoms with Crippen LogP contribution in [0.5, 0.6) is 11.5 Å². The monoisotopic (exact) mass is 353 g/mol. The lowest BCUT2D eigenvalue weighted by atomic mass is 10.2. The van der Waals surface area contributed by atoms with Crippen molar-refractivity contribution in [1.82, 2.24) is 4.31 Å². The molecule has 0 saturated carbocycles. The number of alkyl halides is 2. The Balaban J connectivity index is 3.52.